The number of benzene rings is 1. The van der Waals surface area contributed by atoms with E-state index in [2.05, 4.69) is 21.9 Å². The van der Waals surface area contributed by atoms with Crippen molar-refractivity contribution in [3.8, 4) is 23.3 Å². The van der Waals surface area contributed by atoms with Gasteiger partial charge in [0, 0.05) is 37.6 Å². The summed E-state index contributed by atoms with van der Waals surface area (Å²) >= 11 is 0.942. The molecule has 9 nitrogen and oxygen atoms in total. The minimum Gasteiger partial charge on any atom is -0.463 e. The van der Waals surface area contributed by atoms with Gasteiger partial charge in [0.25, 0.3) is 0 Å². The van der Waals surface area contributed by atoms with Gasteiger partial charge in [-0.3, -0.25) is 9.37 Å². The Bertz CT molecular complexity index is 1670. The van der Waals surface area contributed by atoms with Gasteiger partial charge in [0.2, 0.25) is 0 Å². The number of aliphatic hydroxyl groups is 1. The van der Waals surface area contributed by atoms with Gasteiger partial charge in [0.05, 0.1) is 54.0 Å². The van der Waals surface area contributed by atoms with Crippen LogP contribution >= 0.6 is 11.3 Å². The van der Waals surface area contributed by atoms with E-state index in [-0.39, 0.29) is 68.7 Å². The quantitative estimate of drug-likeness (QED) is 0.277. The van der Waals surface area contributed by atoms with Crippen molar-refractivity contribution in [2.75, 3.05) is 45.1 Å². The molecule has 0 spiro atoms. The first-order valence-corrected chi connectivity index (χ1v) is 14.2. The zero-order valence-corrected chi connectivity index (χ0v) is 25.0. The first-order chi connectivity index (χ1) is 20.2. The number of alkyl halides is 1. The van der Waals surface area contributed by atoms with E-state index in [4.69, 9.17) is 20.3 Å². The first kappa shape index (κ1) is 31.2. The average Bonchev–Trinajstić information content (AvgIpc) is 3.46. The van der Waals surface area contributed by atoms with Crippen LogP contribution in [0.2, 0.25) is 0 Å². The van der Waals surface area contributed by atoms with Gasteiger partial charge in [0.15, 0.2) is 11.6 Å². The van der Waals surface area contributed by atoms with Crippen molar-refractivity contribution in [1.29, 1.82) is 5.26 Å². The maximum absolute atomic E-state index is 16.6. The van der Waals surface area contributed by atoms with Crippen LogP contribution in [0.5, 0.6) is 6.01 Å². The predicted octanol–water partition coefficient (Wildman–Crippen LogP) is 5.89. The van der Waals surface area contributed by atoms with Crippen LogP contribution in [0.1, 0.15) is 49.8 Å². The Morgan fingerprint density at radius 3 is 2.43 bits per heavy atom. The van der Waals surface area contributed by atoms with Crippen molar-refractivity contribution >= 4 is 43.1 Å². The molecule has 1 aromatic carbocycles. The molecule has 1 saturated carbocycles. The van der Waals surface area contributed by atoms with Gasteiger partial charge in [0.1, 0.15) is 22.4 Å². The lowest BCUT2D eigenvalue weighted by molar-refractivity contribution is 0.135. The third kappa shape index (κ3) is 5.42. The highest BCUT2D eigenvalue weighted by Gasteiger charge is 2.42. The lowest BCUT2D eigenvalue weighted by Gasteiger charge is -2.20. The minimum atomic E-state index is -0.653. The lowest BCUT2D eigenvalue weighted by atomic mass is 9.93. The molecular formula is C29H33F3N6O3S. The van der Waals surface area contributed by atoms with Crippen LogP contribution in [-0.4, -0.2) is 54.5 Å². The number of ether oxygens (including phenoxy) is 2. The number of hydrogen-bond acceptors (Lipinski definition) is 10. The maximum Gasteiger partial charge on any atom is 0.319 e. The van der Waals surface area contributed by atoms with Crippen molar-refractivity contribution in [1.82, 2.24) is 15.0 Å². The third-order valence-electron chi connectivity index (χ3n) is 7.44. The Kier molecular flexibility index (Phi) is 9.40. The normalized spacial score (nSPS) is 14.4. The summed E-state index contributed by atoms with van der Waals surface area (Å²) in [5.74, 6) is -0.757. The summed E-state index contributed by atoms with van der Waals surface area (Å²) < 4.78 is 53.5. The van der Waals surface area contributed by atoms with E-state index in [1.807, 2.05) is 20.2 Å². The van der Waals surface area contributed by atoms with Crippen LogP contribution in [0.3, 0.4) is 0 Å². The fourth-order valence-electron chi connectivity index (χ4n) is 5.01. The number of rotatable bonds is 6. The van der Waals surface area contributed by atoms with E-state index in [0.29, 0.717) is 23.4 Å². The number of aliphatic hydroxyl groups excluding tert-OH is 1. The second-order valence-electron chi connectivity index (χ2n) is 10.1. The summed E-state index contributed by atoms with van der Waals surface area (Å²) in [5.41, 5.74) is 7.85. The molecule has 3 N–H and O–H groups in total. The topological polar surface area (TPSA) is 130 Å². The van der Waals surface area contributed by atoms with Crippen molar-refractivity contribution in [3.63, 3.8) is 0 Å². The molecule has 1 aliphatic carbocycles. The zero-order chi connectivity index (χ0) is 30.8. The number of nitrogens with two attached hydrogens (primary N) is 1. The molecule has 4 aromatic rings. The van der Waals surface area contributed by atoms with Crippen LogP contribution in [0, 0.1) is 28.4 Å². The second kappa shape index (κ2) is 12.6. The fourth-order valence-corrected chi connectivity index (χ4v) is 5.93. The summed E-state index contributed by atoms with van der Waals surface area (Å²) in [6, 6.07) is 2.12. The van der Waals surface area contributed by atoms with Crippen LogP contribution in [0.15, 0.2) is 6.20 Å². The molecule has 0 amide bonds. The van der Waals surface area contributed by atoms with Gasteiger partial charge < -0.3 is 25.2 Å². The summed E-state index contributed by atoms with van der Waals surface area (Å²) in [6.45, 7) is 4.15. The third-order valence-corrected chi connectivity index (χ3v) is 8.47. The van der Waals surface area contributed by atoms with Gasteiger partial charge in [-0.05, 0) is 37.3 Å². The molecule has 4 heterocycles. The fraction of sp³-hybridized carbons (Fsp3) is 0.448. The lowest BCUT2D eigenvalue weighted by Crippen LogP contribution is -2.17. The Hall–Kier alpha value is -3.73. The number of fused-ring (bicyclic) bond motifs is 4. The molecule has 1 aliphatic heterocycles. The predicted molar refractivity (Wildman–Crippen MR) is 157 cm³/mol. The number of aromatic nitrogens is 3. The number of nitriles is 1. The van der Waals surface area contributed by atoms with E-state index in [1.54, 1.807) is 4.90 Å². The largest absolute Gasteiger partial charge is 0.463 e. The molecule has 0 atom stereocenters. The van der Waals surface area contributed by atoms with Gasteiger partial charge >= 0.3 is 6.01 Å². The van der Waals surface area contributed by atoms with E-state index >= 15 is 4.39 Å². The molecule has 3 aromatic heterocycles. The molecule has 0 radical (unpaired) electrons. The number of pyridine rings is 1. The Labute approximate surface area is 245 Å². The molecule has 1 fully saturated rings. The number of thiophene rings is 1. The zero-order valence-electron chi connectivity index (χ0n) is 24.1. The smallest absolute Gasteiger partial charge is 0.319 e. The standard InChI is InChI=1S/C26H24F2N6O2S.C2H5F.CH4O/c1-4-26(5-6-26)11-36-25-32-21-18(24(33-25)34(2)3)14-10-35-9-13(14)16(19(21)28)20-17-12(7-29)23(30)37-22(17)15(27)8-31-20;1-2-3;1-2/h8H,4-6,9-11,30H2,1-3H3;2H2,1H3;2H,1H3. The van der Waals surface area contributed by atoms with Crippen LogP contribution in [0.4, 0.5) is 24.0 Å². The van der Waals surface area contributed by atoms with Crippen molar-refractivity contribution in [2.24, 2.45) is 5.41 Å². The number of anilines is 2. The molecule has 13 heteroatoms. The number of nitrogen functional groups attached to an aromatic ring is 1. The van der Waals surface area contributed by atoms with Gasteiger partial charge in [-0.15, -0.1) is 11.3 Å². The van der Waals surface area contributed by atoms with Crippen LogP contribution in [-0.2, 0) is 18.0 Å². The SMILES string of the molecule is CCC1(COc2nc(N(C)C)c3c4c(c(-c5ncc(F)c6sc(N)c(C#N)c56)c(F)c3n2)COC4)CC1.CCF.CO. The van der Waals surface area contributed by atoms with Gasteiger partial charge in [-0.1, -0.05) is 6.92 Å². The van der Waals surface area contributed by atoms with E-state index in [1.165, 1.54) is 6.92 Å². The highest BCUT2D eigenvalue weighted by molar-refractivity contribution is 7.23. The van der Waals surface area contributed by atoms with E-state index in [9.17, 15) is 14.0 Å². The Morgan fingerprint density at radius 2 is 1.83 bits per heavy atom. The summed E-state index contributed by atoms with van der Waals surface area (Å²) in [4.78, 5) is 15.2. The number of halogens is 3. The monoisotopic (exact) mass is 602 g/mol. The molecular weight excluding hydrogens is 569 g/mol. The maximum atomic E-state index is 16.6. The Balaban J connectivity index is 0.000000763. The molecule has 6 rings (SSSR count). The average molecular weight is 603 g/mol. The number of hydrogen-bond donors (Lipinski definition) is 2. The van der Waals surface area contributed by atoms with Crippen LogP contribution < -0.4 is 15.4 Å². The summed E-state index contributed by atoms with van der Waals surface area (Å²) in [6.07, 6.45) is 4.18. The molecule has 42 heavy (non-hydrogen) atoms. The molecule has 0 unspecified atom stereocenters. The Morgan fingerprint density at radius 1 is 1.17 bits per heavy atom. The van der Waals surface area contributed by atoms with Crippen LogP contribution in [0.25, 0.3) is 32.2 Å². The second-order valence-corrected chi connectivity index (χ2v) is 11.2. The molecule has 224 valence electrons. The summed E-state index contributed by atoms with van der Waals surface area (Å²) in [5, 5.41) is 17.6. The molecule has 0 bridgehead atoms. The van der Waals surface area contributed by atoms with Gasteiger partial charge in [-0.25, -0.2) is 8.78 Å². The minimum absolute atomic E-state index is 0.0651. The van der Waals surface area contributed by atoms with E-state index < -0.39 is 11.6 Å². The first-order valence-electron chi connectivity index (χ1n) is 13.4. The highest BCUT2D eigenvalue weighted by Crippen LogP contribution is 2.49. The van der Waals surface area contributed by atoms with Crippen molar-refractivity contribution in [3.05, 3.63) is 34.5 Å². The molecule has 0 saturated heterocycles. The van der Waals surface area contributed by atoms with Crippen molar-refractivity contribution < 1.29 is 27.8 Å². The van der Waals surface area contributed by atoms with E-state index in [0.717, 1.165) is 49.5 Å². The van der Waals surface area contributed by atoms with Gasteiger partial charge in [-0.2, -0.15) is 15.2 Å². The number of nitrogens with zero attached hydrogens (tertiary/aromatic N) is 5. The summed E-state index contributed by atoms with van der Waals surface area (Å²) in [7, 11) is 4.65. The van der Waals surface area contributed by atoms with Crippen molar-refractivity contribution in [2.45, 2.75) is 46.3 Å². The molecule has 2 aliphatic rings. The highest BCUT2D eigenvalue weighted by atomic mass is 32.1.